The summed E-state index contributed by atoms with van der Waals surface area (Å²) in [4.78, 5) is 10.3. The number of nitrogens with zero attached hydrogens (tertiary/aromatic N) is 1. The van der Waals surface area contributed by atoms with E-state index >= 15 is 0 Å². The summed E-state index contributed by atoms with van der Waals surface area (Å²) in [6.45, 7) is 4.06. The van der Waals surface area contributed by atoms with Crippen LogP contribution in [0.25, 0.3) is 0 Å². The Morgan fingerprint density at radius 3 is 2.67 bits per heavy atom. The molecule has 1 N–H and O–H groups in total. The van der Waals surface area contributed by atoms with Gasteiger partial charge < -0.3 is 10.1 Å². The third-order valence-corrected chi connectivity index (χ3v) is 2.93. The number of hydrogen-bond acceptors (Lipinski definition) is 4. The van der Waals surface area contributed by atoms with Crippen LogP contribution in [0.4, 0.5) is 5.69 Å². The lowest BCUT2D eigenvalue weighted by Gasteiger charge is -2.08. The van der Waals surface area contributed by atoms with Gasteiger partial charge in [-0.1, -0.05) is 30.1 Å². The third kappa shape index (κ3) is 4.33. The Morgan fingerprint density at radius 1 is 1.39 bits per heavy atom. The molecule has 7 heteroatoms. The number of nitrogens with one attached hydrogen (secondary N) is 1. The molecule has 0 bridgehead atoms. The predicted molar refractivity (Wildman–Crippen MR) is 71.8 cm³/mol. The van der Waals surface area contributed by atoms with E-state index in [0.717, 1.165) is 19.5 Å². The van der Waals surface area contributed by atoms with Crippen LogP contribution in [0, 0.1) is 10.1 Å². The van der Waals surface area contributed by atoms with Gasteiger partial charge in [-0.2, -0.15) is 0 Å². The van der Waals surface area contributed by atoms with Crippen molar-refractivity contribution >= 4 is 28.9 Å². The highest BCUT2D eigenvalue weighted by Crippen LogP contribution is 2.35. The van der Waals surface area contributed by atoms with Crippen molar-refractivity contribution in [2.75, 3.05) is 19.7 Å². The molecule has 0 heterocycles. The van der Waals surface area contributed by atoms with Gasteiger partial charge in [0.25, 0.3) is 0 Å². The van der Waals surface area contributed by atoms with E-state index in [1.54, 1.807) is 0 Å². The standard InChI is InChI=1S/C11H14Cl2N2O3/c1-2-14-4-3-5-18-11-7-9(13)8(12)6-10(11)15(16)17/h6-7,14H,2-5H2,1H3. The molecule has 0 saturated heterocycles. The number of halogens is 2. The largest absolute Gasteiger partial charge is 0.487 e. The second-order valence-electron chi connectivity index (χ2n) is 3.55. The summed E-state index contributed by atoms with van der Waals surface area (Å²) in [5.74, 6) is 0.144. The van der Waals surface area contributed by atoms with Gasteiger partial charge in [0.05, 0.1) is 21.6 Å². The van der Waals surface area contributed by atoms with Gasteiger partial charge in [0.15, 0.2) is 5.75 Å². The number of benzene rings is 1. The first-order valence-corrected chi connectivity index (χ1v) is 6.28. The lowest BCUT2D eigenvalue weighted by molar-refractivity contribution is -0.385. The van der Waals surface area contributed by atoms with E-state index < -0.39 is 4.92 Å². The lowest BCUT2D eigenvalue weighted by Crippen LogP contribution is -2.16. The molecule has 0 aliphatic heterocycles. The highest BCUT2D eigenvalue weighted by Gasteiger charge is 2.18. The minimum absolute atomic E-state index is 0.142. The summed E-state index contributed by atoms with van der Waals surface area (Å²) < 4.78 is 5.36. The van der Waals surface area contributed by atoms with Gasteiger partial charge in [-0.15, -0.1) is 0 Å². The van der Waals surface area contributed by atoms with Crippen LogP contribution < -0.4 is 10.1 Å². The first-order chi connectivity index (χ1) is 8.56. The fourth-order valence-electron chi connectivity index (χ4n) is 1.33. The van der Waals surface area contributed by atoms with E-state index in [2.05, 4.69) is 5.32 Å². The van der Waals surface area contributed by atoms with Crippen LogP contribution in [0.15, 0.2) is 12.1 Å². The van der Waals surface area contributed by atoms with Crippen LogP contribution >= 0.6 is 23.2 Å². The minimum atomic E-state index is -0.540. The Bertz CT molecular complexity index is 427. The summed E-state index contributed by atoms with van der Waals surface area (Å²) >= 11 is 11.5. The molecular formula is C11H14Cl2N2O3. The van der Waals surface area contributed by atoms with Gasteiger partial charge in [-0.05, 0) is 19.5 Å². The van der Waals surface area contributed by atoms with E-state index in [1.807, 2.05) is 6.92 Å². The van der Waals surface area contributed by atoms with Gasteiger partial charge in [-0.3, -0.25) is 10.1 Å². The summed E-state index contributed by atoms with van der Waals surface area (Å²) in [6.07, 6.45) is 0.755. The van der Waals surface area contributed by atoms with Crippen molar-refractivity contribution in [2.45, 2.75) is 13.3 Å². The first-order valence-electron chi connectivity index (χ1n) is 5.53. The third-order valence-electron chi connectivity index (χ3n) is 2.20. The molecule has 100 valence electrons. The van der Waals surface area contributed by atoms with Crippen LogP contribution in [0.5, 0.6) is 5.75 Å². The maximum atomic E-state index is 10.8. The molecule has 0 saturated carbocycles. The molecule has 0 spiro atoms. The monoisotopic (exact) mass is 292 g/mol. The molecule has 0 unspecified atom stereocenters. The molecule has 0 aromatic heterocycles. The summed E-state index contributed by atoms with van der Waals surface area (Å²) in [6, 6.07) is 2.57. The molecule has 1 rings (SSSR count). The minimum Gasteiger partial charge on any atom is -0.487 e. The first kappa shape index (κ1) is 15.0. The van der Waals surface area contributed by atoms with E-state index in [1.165, 1.54) is 12.1 Å². The quantitative estimate of drug-likeness (QED) is 0.476. The highest BCUT2D eigenvalue weighted by atomic mass is 35.5. The molecule has 0 aliphatic carbocycles. The van der Waals surface area contributed by atoms with Crippen LogP contribution in [0.1, 0.15) is 13.3 Å². The van der Waals surface area contributed by atoms with Crippen molar-refractivity contribution in [1.82, 2.24) is 5.32 Å². The average Bonchev–Trinajstić information content (AvgIpc) is 2.32. The zero-order valence-corrected chi connectivity index (χ0v) is 11.4. The number of ether oxygens (including phenoxy) is 1. The molecule has 1 aromatic carbocycles. The molecule has 0 atom stereocenters. The highest BCUT2D eigenvalue weighted by molar-refractivity contribution is 6.42. The van der Waals surface area contributed by atoms with Gasteiger partial charge in [0, 0.05) is 12.1 Å². The Kier molecular flexibility index (Phi) is 6.18. The lowest BCUT2D eigenvalue weighted by atomic mass is 10.3. The molecule has 0 radical (unpaired) electrons. The molecule has 1 aromatic rings. The predicted octanol–water partition coefficient (Wildman–Crippen LogP) is 3.28. The zero-order valence-electron chi connectivity index (χ0n) is 9.91. The van der Waals surface area contributed by atoms with Crippen LogP contribution in [-0.2, 0) is 0 Å². The van der Waals surface area contributed by atoms with E-state index in [0.29, 0.717) is 6.61 Å². The van der Waals surface area contributed by atoms with E-state index in [-0.39, 0.29) is 21.5 Å². The Balaban J connectivity index is 2.68. The average molecular weight is 293 g/mol. The number of hydrogen-bond donors (Lipinski definition) is 1. The molecule has 0 amide bonds. The fraction of sp³-hybridized carbons (Fsp3) is 0.455. The Labute approximate surface area is 115 Å². The summed E-state index contributed by atoms with van der Waals surface area (Å²) in [7, 11) is 0. The maximum Gasteiger partial charge on any atom is 0.312 e. The zero-order chi connectivity index (χ0) is 13.5. The van der Waals surface area contributed by atoms with Gasteiger partial charge in [0.2, 0.25) is 0 Å². The van der Waals surface area contributed by atoms with Crippen molar-refractivity contribution in [1.29, 1.82) is 0 Å². The Hall–Kier alpha value is -1.04. The number of nitro benzene ring substituents is 1. The van der Waals surface area contributed by atoms with Crippen molar-refractivity contribution in [3.05, 3.63) is 32.3 Å². The maximum absolute atomic E-state index is 10.8. The number of nitro groups is 1. The molecule has 0 aliphatic rings. The topological polar surface area (TPSA) is 64.4 Å². The molecule has 5 nitrogen and oxygen atoms in total. The second kappa shape index (κ2) is 7.41. The van der Waals surface area contributed by atoms with E-state index in [4.69, 9.17) is 27.9 Å². The van der Waals surface area contributed by atoms with Crippen LogP contribution in [-0.4, -0.2) is 24.6 Å². The van der Waals surface area contributed by atoms with Gasteiger partial charge >= 0.3 is 5.69 Å². The smallest absolute Gasteiger partial charge is 0.312 e. The van der Waals surface area contributed by atoms with Crippen LogP contribution in [0.3, 0.4) is 0 Å². The van der Waals surface area contributed by atoms with Crippen molar-refractivity contribution in [3.8, 4) is 5.75 Å². The van der Waals surface area contributed by atoms with Crippen molar-refractivity contribution in [3.63, 3.8) is 0 Å². The fourth-order valence-corrected chi connectivity index (χ4v) is 1.64. The van der Waals surface area contributed by atoms with Gasteiger partial charge in [-0.25, -0.2) is 0 Å². The number of rotatable bonds is 7. The molecular weight excluding hydrogens is 279 g/mol. The molecule has 0 fully saturated rings. The van der Waals surface area contributed by atoms with Crippen LogP contribution in [0.2, 0.25) is 10.0 Å². The normalized spacial score (nSPS) is 10.4. The summed E-state index contributed by atoms with van der Waals surface area (Å²) in [5, 5.41) is 14.3. The van der Waals surface area contributed by atoms with Crippen molar-refractivity contribution < 1.29 is 9.66 Å². The summed E-state index contributed by atoms with van der Waals surface area (Å²) in [5.41, 5.74) is -0.173. The van der Waals surface area contributed by atoms with Crippen molar-refractivity contribution in [2.24, 2.45) is 0 Å². The molecule has 18 heavy (non-hydrogen) atoms. The Morgan fingerprint density at radius 2 is 2.06 bits per heavy atom. The second-order valence-corrected chi connectivity index (χ2v) is 4.36. The van der Waals surface area contributed by atoms with E-state index in [9.17, 15) is 10.1 Å². The SMILES string of the molecule is CCNCCCOc1cc(Cl)c(Cl)cc1[N+](=O)[O-]. The van der Waals surface area contributed by atoms with Gasteiger partial charge in [0.1, 0.15) is 0 Å².